The van der Waals surface area contributed by atoms with E-state index in [1.54, 1.807) is 11.9 Å². The van der Waals surface area contributed by atoms with E-state index >= 15 is 0 Å². The number of amides is 1. The minimum absolute atomic E-state index is 0.0519. The van der Waals surface area contributed by atoms with Gasteiger partial charge in [-0.25, -0.2) is 4.98 Å². The Kier molecular flexibility index (Phi) is 4.77. The number of hydrogen-bond donors (Lipinski definition) is 1. The van der Waals surface area contributed by atoms with Gasteiger partial charge >= 0.3 is 0 Å². The molecule has 0 saturated carbocycles. The van der Waals surface area contributed by atoms with Gasteiger partial charge in [-0.05, 0) is 38.1 Å². The third-order valence-corrected chi connectivity index (χ3v) is 4.80. The number of aromatic nitrogens is 2. The molecule has 0 fully saturated rings. The van der Waals surface area contributed by atoms with Crippen LogP contribution in [0.15, 0.2) is 48.5 Å². The topological polar surface area (TPSA) is 67.5 Å². The molecule has 1 atom stereocenters. The van der Waals surface area contributed by atoms with Gasteiger partial charge in [0.1, 0.15) is 12.4 Å². The van der Waals surface area contributed by atoms with E-state index in [-0.39, 0.29) is 12.0 Å². The van der Waals surface area contributed by atoms with Crippen LogP contribution in [-0.4, -0.2) is 47.1 Å². The van der Waals surface area contributed by atoms with Crippen molar-refractivity contribution in [2.24, 2.45) is 0 Å². The number of benzene rings is 2. The Morgan fingerprint density at radius 3 is 2.54 bits per heavy atom. The van der Waals surface area contributed by atoms with Gasteiger partial charge in [-0.1, -0.05) is 24.3 Å². The second-order valence-electron chi connectivity index (χ2n) is 7.06. The number of rotatable bonds is 4. The van der Waals surface area contributed by atoms with E-state index in [0.717, 1.165) is 28.5 Å². The quantitative estimate of drug-likeness (QED) is 0.754. The number of nitrogens with zero attached hydrogens (tertiary/aromatic N) is 2. The molecule has 1 amide bonds. The number of carbonyl (C=O) groups excluding carboxylic acids is 1. The zero-order valence-electron chi connectivity index (χ0n) is 16.2. The smallest absolute Gasteiger partial charge is 0.253 e. The van der Waals surface area contributed by atoms with Crippen molar-refractivity contribution < 1.29 is 14.3 Å². The molecule has 4 rings (SSSR count). The summed E-state index contributed by atoms with van der Waals surface area (Å²) in [5.41, 5.74) is 3.55. The molecule has 0 aliphatic carbocycles. The van der Waals surface area contributed by atoms with Crippen LogP contribution < -0.4 is 9.47 Å². The van der Waals surface area contributed by atoms with Crippen molar-refractivity contribution in [3.05, 3.63) is 65.6 Å². The molecule has 0 radical (unpaired) electrons. The van der Waals surface area contributed by atoms with Crippen molar-refractivity contribution in [2.45, 2.75) is 20.0 Å². The number of aromatic amines is 1. The van der Waals surface area contributed by atoms with Gasteiger partial charge in [-0.15, -0.1) is 0 Å². The summed E-state index contributed by atoms with van der Waals surface area (Å²) in [7, 11) is 1.78. The highest BCUT2D eigenvalue weighted by atomic mass is 16.6. The molecule has 0 bridgehead atoms. The molecule has 144 valence electrons. The molecule has 6 heteroatoms. The van der Waals surface area contributed by atoms with Gasteiger partial charge in [0.05, 0.1) is 12.2 Å². The Bertz CT molecular complexity index is 995. The summed E-state index contributed by atoms with van der Waals surface area (Å²) in [6.07, 6.45) is -0.196. The van der Waals surface area contributed by atoms with Crippen molar-refractivity contribution in [3.8, 4) is 22.8 Å². The van der Waals surface area contributed by atoms with Crippen LogP contribution in [0.4, 0.5) is 0 Å². The number of fused-ring (bicyclic) bond motifs is 1. The Morgan fingerprint density at radius 1 is 1.14 bits per heavy atom. The number of para-hydroxylation sites is 2. The molecule has 6 nitrogen and oxygen atoms in total. The molecule has 2 aromatic carbocycles. The van der Waals surface area contributed by atoms with E-state index in [0.29, 0.717) is 24.5 Å². The molecular formula is C22H23N3O3. The summed E-state index contributed by atoms with van der Waals surface area (Å²) in [5, 5.41) is 0. The maximum Gasteiger partial charge on any atom is 0.253 e. The van der Waals surface area contributed by atoms with Gasteiger partial charge < -0.3 is 19.4 Å². The first kappa shape index (κ1) is 18.1. The SMILES string of the molecule is Cc1nc(-c2ccc(C(=O)N(C)C[C@H]3COc4ccccc4O3)cc2)c(C)[nH]1. The Morgan fingerprint density at radius 2 is 1.86 bits per heavy atom. The van der Waals surface area contributed by atoms with E-state index in [1.165, 1.54) is 0 Å². The number of likely N-dealkylation sites (N-methyl/N-ethyl adjacent to an activating group) is 1. The van der Waals surface area contributed by atoms with Gasteiger partial charge in [0, 0.05) is 23.9 Å². The lowest BCUT2D eigenvalue weighted by atomic mass is 10.1. The average Bonchev–Trinajstić information content (AvgIpc) is 3.05. The molecule has 1 N–H and O–H groups in total. The predicted molar refractivity (Wildman–Crippen MR) is 107 cm³/mol. The largest absolute Gasteiger partial charge is 0.486 e. The van der Waals surface area contributed by atoms with Crippen LogP contribution in [0.5, 0.6) is 11.5 Å². The summed E-state index contributed by atoms with van der Waals surface area (Å²) in [6.45, 7) is 4.79. The number of hydrogen-bond acceptors (Lipinski definition) is 4. The van der Waals surface area contributed by atoms with Gasteiger partial charge in [0.15, 0.2) is 17.6 Å². The fourth-order valence-electron chi connectivity index (χ4n) is 3.42. The molecular weight excluding hydrogens is 354 g/mol. The lowest BCUT2D eigenvalue weighted by Gasteiger charge is -2.29. The third kappa shape index (κ3) is 3.58. The minimum atomic E-state index is -0.196. The van der Waals surface area contributed by atoms with Crippen molar-refractivity contribution in [2.75, 3.05) is 20.2 Å². The van der Waals surface area contributed by atoms with Gasteiger partial charge in [-0.2, -0.15) is 0 Å². The molecule has 2 heterocycles. The zero-order valence-corrected chi connectivity index (χ0v) is 16.2. The Labute approximate surface area is 164 Å². The van der Waals surface area contributed by atoms with Crippen LogP contribution in [0.25, 0.3) is 11.3 Å². The highest BCUT2D eigenvalue weighted by Crippen LogP contribution is 2.31. The summed E-state index contributed by atoms with van der Waals surface area (Å²) in [6, 6.07) is 15.1. The van der Waals surface area contributed by atoms with Crippen LogP contribution in [-0.2, 0) is 0 Å². The molecule has 1 aromatic heterocycles. The summed E-state index contributed by atoms with van der Waals surface area (Å²) < 4.78 is 11.7. The maximum absolute atomic E-state index is 12.8. The summed E-state index contributed by atoms with van der Waals surface area (Å²) >= 11 is 0. The Hall–Kier alpha value is -3.28. The summed E-state index contributed by atoms with van der Waals surface area (Å²) in [5.74, 6) is 2.29. The van der Waals surface area contributed by atoms with Gasteiger partial charge in [0.2, 0.25) is 0 Å². The molecule has 3 aromatic rings. The zero-order chi connectivity index (χ0) is 19.7. The van der Waals surface area contributed by atoms with Crippen LogP contribution in [0.2, 0.25) is 0 Å². The van der Waals surface area contributed by atoms with E-state index in [4.69, 9.17) is 9.47 Å². The highest BCUT2D eigenvalue weighted by molar-refractivity contribution is 5.94. The van der Waals surface area contributed by atoms with Gasteiger partial charge in [0.25, 0.3) is 5.91 Å². The standard InChI is InChI=1S/C22H23N3O3/c1-14-21(24-15(2)23-14)16-8-10-17(11-9-16)22(26)25(3)12-18-13-27-19-6-4-5-7-20(19)28-18/h4-11,18H,12-13H2,1-3H3,(H,23,24)/t18-/m0/s1. The Balaban J connectivity index is 1.42. The molecule has 0 spiro atoms. The van der Waals surface area contributed by atoms with Gasteiger partial charge in [-0.3, -0.25) is 4.79 Å². The fraction of sp³-hybridized carbons (Fsp3) is 0.273. The van der Waals surface area contributed by atoms with Crippen molar-refractivity contribution in [1.29, 1.82) is 0 Å². The van der Waals surface area contributed by atoms with Crippen LogP contribution in [0.1, 0.15) is 21.9 Å². The number of ether oxygens (including phenoxy) is 2. The van der Waals surface area contributed by atoms with Crippen LogP contribution in [0, 0.1) is 13.8 Å². The van der Waals surface area contributed by atoms with Crippen LogP contribution >= 0.6 is 0 Å². The van der Waals surface area contributed by atoms with Crippen molar-refractivity contribution in [1.82, 2.24) is 14.9 Å². The number of imidazole rings is 1. The predicted octanol–water partition coefficient (Wildman–Crippen LogP) is 3.61. The second-order valence-corrected chi connectivity index (χ2v) is 7.06. The van der Waals surface area contributed by atoms with E-state index in [2.05, 4.69) is 9.97 Å². The molecule has 0 unspecified atom stereocenters. The normalized spacial score (nSPS) is 15.3. The second kappa shape index (κ2) is 7.38. The lowest BCUT2D eigenvalue weighted by molar-refractivity contribution is 0.0521. The maximum atomic E-state index is 12.8. The lowest BCUT2D eigenvalue weighted by Crippen LogP contribution is -2.41. The van der Waals surface area contributed by atoms with Crippen LogP contribution in [0.3, 0.4) is 0 Å². The monoisotopic (exact) mass is 377 g/mol. The van der Waals surface area contributed by atoms with Crippen molar-refractivity contribution >= 4 is 5.91 Å². The summed E-state index contributed by atoms with van der Waals surface area (Å²) in [4.78, 5) is 22.2. The molecule has 28 heavy (non-hydrogen) atoms. The first-order valence-corrected chi connectivity index (χ1v) is 9.29. The van der Waals surface area contributed by atoms with E-state index in [1.807, 2.05) is 62.4 Å². The molecule has 1 aliphatic rings. The molecule has 1 aliphatic heterocycles. The van der Waals surface area contributed by atoms with Crippen molar-refractivity contribution in [3.63, 3.8) is 0 Å². The van der Waals surface area contributed by atoms with E-state index < -0.39 is 0 Å². The highest BCUT2D eigenvalue weighted by Gasteiger charge is 2.24. The first-order chi connectivity index (χ1) is 13.5. The molecule has 0 saturated heterocycles. The number of H-pyrrole nitrogens is 1. The average molecular weight is 377 g/mol. The first-order valence-electron chi connectivity index (χ1n) is 9.29. The minimum Gasteiger partial charge on any atom is -0.486 e. The number of nitrogens with one attached hydrogen (secondary N) is 1. The number of carbonyl (C=O) groups is 1. The fourth-order valence-corrected chi connectivity index (χ4v) is 3.42. The third-order valence-electron chi connectivity index (χ3n) is 4.80. The van der Waals surface area contributed by atoms with E-state index in [9.17, 15) is 4.79 Å². The number of aryl methyl sites for hydroxylation is 2.